The quantitative estimate of drug-likeness (QED) is 0.362. The van der Waals surface area contributed by atoms with Crippen LogP contribution in [0, 0.1) is 0 Å². The molecule has 0 fully saturated rings. The lowest BCUT2D eigenvalue weighted by molar-refractivity contribution is -0.141. The Hall–Kier alpha value is -4.67. The van der Waals surface area contributed by atoms with Crippen molar-refractivity contribution in [3.8, 4) is 11.5 Å². The van der Waals surface area contributed by atoms with E-state index in [-0.39, 0.29) is 11.4 Å². The van der Waals surface area contributed by atoms with Crippen LogP contribution in [0.3, 0.4) is 0 Å². The molecule has 0 spiro atoms. The molecule has 0 unspecified atom stereocenters. The van der Waals surface area contributed by atoms with Gasteiger partial charge in [-0.05, 0) is 36.4 Å². The maximum atomic E-state index is 12.3. The summed E-state index contributed by atoms with van der Waals surface area (Å²) in [5, 5.41) is 2.38. The molecular formula is C23H22N4O7. The first kappa shape index (κ1) is 24.0. The van der Waals surface area contributed by atoms with Gasteiger partial charge in [0.15, 0.2) is 6.61 Å². The van der Waals surface area contributed by atoms with Gasteiger partial charge in [0.25, 0.3) is 11.5 Å². The molecule has 34 heavy (non-hydrogen) atoms. The normalized spacial score (nSPS) is 10.4. The maximum Gasteiger partial charge on any atom is 0.332 e. The Morgan fingerprint density at radius 1 is 0.912 bits per heavy atom. The molecule has 0 saturated heterocycles. The summed E-state index contributed by atoms with van der Waals surface area (Å²) in [7, 11) is 2.50. The SMILES string of the molecule is Cn1c(N)c(C(=O)COC(=O)CNC(=O)c2ccc(Oc3ccccc3)cc2)c(=O)n(C)c1=O. The predicted octanol–water partition coefficient (Wildman–Crippen LogP) is 0.614. The molecule has 3 aromatic rings. The van der Waals surface area contributed by atoms with E-state index < -0.39 is 47.6 Å². The molecule has 1 amide bonds. The van der Waals surface area contributed by atoms with E-state index in [9.17, 15) is 24.0 Å². The highest BCUT2D eigenvalue weighted by molar-refractivity contribution is 6.01. The number of amides is 1. The number of Topliss-reactive ketones (excluding diaryl/α,β-unsaturated/α-hetero) is 1. The van der Waals surface area contributed by atoms with Crippen molar-refractivity contribution in [3.63, 3.8) is 0 Å². The first-order valence-electron chi connectivity index (χ1n) is 10.0. The summed E-state index contributed by atoms with van der Waals surface area (Å²) in [5.41, 5.74) is 3.93. The minimum Gasteiger partial charge on any atom is -0.457 e. The molecular weight excluding hydrogens is 444 g/mol. The lowest BCUT2D eigenvalue weighted by Crippen LogP contribution is -2.42. The smallest absolute Gasteiger partial charge is 0.332 e. The van der Waals surface area contributed by atoms with Gasteiger partial charge in [-0.15, -0.1) is 0 Å². The van der Waals surface area contributed by atoms with Crippen LogP contribution >= 0.6 is 0 Å². The van der Waals surface area contributed by atoms with Gasteiger partial charge in [-0.2, -0.15) is 0 Å². The van der Waals surface area contributed by atoms with Crippen molar-refractivity contribution < 1.29 is 23.9 Å². The number of nitrogens with two attached hydrogens (primary N) is 1. The molecule has 0 atom stereocenters. The number of carbonyl (C=O) groups is 3. The van der Waals surface area contributed by atoms with Crippen molar-refractivity contribution in [2.24, 2.45) is 14.1 Å². The lowest BCUT2D eigenvalue weighted by Gasteiger charge is -2.11. The Bertz CT molecular complexity index is 1340. The molecule has 11 heteroatoms. The van der Waals surface area contributed by atoms with Crippen LogP contribution in [-0.2, 0) is 23.6 Å². The van der Waals surface area contributed by atoms with Gasteiger partial charge in [0.2, 0.25) is 5.78 Å². The van der Waals surface area contributed by atoms with Crippen molar-refractivity contribution in [1.29, 1.82) is 0 Å². The molecule has 176 valence electrons. The summed E-state index contributed by atoms with van der Waals surface area (Å²) in [6.07, 6.45) is 0. The zero-order valence-corrected chi connectivity index (χ0v) is 18.4. The highest BCUT2D eigenvalue weighted by Crippen LogP contribution is 2.21. The lowest BCUT2D eigenvalue weighted by atomic mass is 10.2. The van der Waals surface area contributed by atoms with Crippen molar-refractivity contribution in [2.75, 3.05) is 18.9 Å². The molecule has 11 nitrogen and oxygen atoms in total. The van der Waals surface area contributed by atoms with Gasteiger partial charge in [-0.3, -0.25) is 28.3 Å². The summed E-state index contributed by atoms with van der Waals surface area (Å²) in [4.78, 5) is 60.6. The number of aromatic nitrogens is 2. The maximum absolute atomic E-state index is 12.3. The van der Waals surface area contributed by atoms with Crippen molar-refractivity contribution >= 4 is 23.5 Å². The Labute approximate surface area is 193 Å². The van der Waals surface area contributed by atoms with Crippen molar-refractivity contribution in [3.05, 3.63) is 86.6 Å². The number of rotatable bonds is 8. The van der Waals surface area contributed by atoms with Gasteiger partial charge in [0, 0.05) is 19.7 Å². The van der Waals surface area contributed by atoms with E-state index in [1.54, 1.807) is 24.3 Å². The molecule has 0 bridgehead atoms. The molecule has 0 aliphatic carbocycles. The van der Waals surface area contributed by atoms with E-state index in [1.807, 2.05) is 18.2 Å². The van der Waals surface area contributed by atoms with E-state index >= 15 is 0 Å². The monoisotopic (exact) mass is 466 g/mol. The van der Waals surface area contributed by atoms with Gasteiger partial charge in [0.05, 0.1) is 0 Å². The second kappa shape index (κ2) is 10.3. The molecule has 0 aliphatic rings. The fraction of sp³-hybridized carbons (Fsp3) is 0.174. The largest absolute Gasteiger partial charge is 0.457 e. The van der Waals surface area contributed by atoms with E-state index in [4.69, 9.17) is 15.2 Å². The fourth-order valence-corrected chi connectivity index (χ4v) is 2.94. The average Bonchev–Trinajstić information content (AvgIpc) is 2.84. The number of esters is 1. The summed E-state index contributed by atoms with van der Waals surface area (Å²) < 4.78 is 12.1. The summed E-state index contributed by atoms with van der Waals surface area (Å²) >= 11 is 0. The molecule has 2 aromatic carbocycles. The van der Waals surface area contributed by atoms with Crippen LogP contribution in [0.1, 0.15) is 20.7 Å². The number of nitrogens with one attached hydrogen (secondary N) is 1. The van der Waals surface area contributed by atoms with Crippen LogP contribution in [-0.4, -0.2) is 39.9 Å². The van der Waals surface area contributed by atoms with E-state index in [0.717, 1.165) is 9.13 Å². The zero-order valence-electron chi connectivity index (χ0n) is 18.4. The van der Waals surface area contributed by atoms with Gasteiger partial charge < -0.3 is 20.5 Å². The first-order valence-corrected chi connectivity index (χ1v) is 10.0. The Morgan fingerprint density at radius 2 is 1.53 bits per heavy atom. The number of carbonyl (C=O) groups excluding carboxylic acids is 3. The highest BCUT2D eigenvalue weighted by atomic mass is 16.5. The fourth-order valence-electron chi connectivity index (χ4n) is 2.94. The van der Waals surface area contributed by atoms with Gasteiger partial charge >= 0.3 is 11.7 Å². The van der Waals surface area contributed by atoms with Crippen molar-refractivity contribution in [2.45, 2.75) is 0 Å². The Morgan fingerprint density at radius 3 is 2.18 bits per heavy atom. The number of anilines is 1. The zero-order chi connectivity index (χ0) is 24.8. The molecule has 1 heterocycles. The van der Waals surface area contributed by atoms with E-state index in [1.165, 1.54) is 26.2 Å². The first-order chi connectivity index (χ1) is 16.2. The molecule has 3 rings (SSSR count). The second-order valence-electron chi connectivity index (χ2n) is 7.17. The Kier molecular flexibility index (Phi) is 7.26. The highest BCUT2D eigenvalue weighted by Gasteiger charge is 2.21. The summed E-state index contributed by atoms with van der Waals surface area (Å²) in [6, 6.07) is 15.4. The van der Waals surface area contributed by atoms with E-state index in [0.29, 0.717) is 11.5 Å². The van der Waals surface area contributed by atoms with Crippen molar-refractivity contribution in [1.82, 2.24) is 14.5 Å². The number of nitrogens with zero attached hydrogens (tertiary/aromatic N) is 2. The second-order valence-corrected chi connectivity index (χ2v) is 7.17. The molecule has 1 aromatic heterocycles. The summed E-state index contributed by atoms with van der Waals surface area (Å²) in [6.45, 7) is -1.28. The standard InChI is InChI=1S/C23H22N4O7/c1-26-20(24)19(22(31)27(2)23(26)32)17(28)13-33-18(29)12-25-21(30)14-8-10-16(11-9-14)34-15-6-4-3-5-7-15/h3-11H,12-13,24H2,1-2H3,(H,25,30). The number of benzene rings is 2. The third-order valence-corrected chi connectivity index (χ3v) is 4.84. The third-order valence-electron chi connectivity index (χ3n) is 4.84. The predicted molar refractivity (Wildman–Crippen MR) is 122 cm³/mol. The average molecular weight is 466 g/mol. The van der Waals surface area contributed by atoms with Gasteiger partial charge in [-0.25, -0.2) is 4.79 Å². The topological polar surface area (TPSA) is 152 Å². The minimum absolute atomic E-state index is 0.283. The number of nitrogen functional groups attached to an aromatic ring is 1. The van der Waals surface area contributed by atoms with Crippen LogP contribution in [0.15, 0.2) is 64.2 Å². The minimum atomic E-state index is -0.897. The molecule has 3 N–H and O–H groups in total. The van der Waals surface area contributed by atoms with Crippen LogP contribution in [0.4, 0.5) is 5.82 Å². The van der Waals surface area contributed by atoms with Crippen LogP contribution in [0.2, 0.25) is 0 Å². The molecule has 0 radical (unpaired) electrons. The number of ether oxygens (including phenoxy) is 2. The molecule has 0 aliphatic heterocycles. The van der Waals surface area contributed by atoms with Crippen LogP contribution in [0.5, 0.6) is 11.5 Å². The van der Waals surface area contributed by atoms with Gasteiger partial charge in [0.1, 0.15) is 29.4 Å². The number of hydrogen-bond acceptors (Lipinski definition) is 8. The Balaban J connectivity index is 1.52. The third kappa shape index (κ3) is 5.38. The van der Waals surface area contributed by atoms with Crippen LogP contribution in [0.25, 0.3) is 0 Å². The summed E-state index contributed by atoms with van der Waals surface area (Å²) in [5.74, 6) is -1.46. The number of para-hydroxylation sites is 1. The van der Waals surface area contributed by atoms with Crippen LogP contribution < -0.4 is 27.0 Å². The molecule has 0 saturated carbocycles. The number of ketones is 1. The van der Waals surface area contributed by atoms with E-state index in [2.05, 4.69) is 5.32 Å². The number of hydrogen-bond donors (Lipinski definition) is 2. The van der Waals surface area contributed by atoms with Gasteiger partial charge in [-0.1, -0.05) is 18.2 Å².